The van der Waals surface area contributed by atoms with E-state index in [1.807, 2.05) is 5.10 Å². The van der Waals surface area contributed by atoms with Crippen molar-refractivity contribution in [2.75, 3.05) is 0 Å². The number of rotatable bonds is 2. The Morgan fingerprint density at radius 2 is 1.94 bits per heavy atom. The average molecular weight is 234 g/mol. The third kappa shape index (κ3) is 2.05. The van der Waals surface area contributed by atoms with E-state index in [1.165, 1.54) is 30.5 Å². The lowest BCUT2D eigenvalue weighted by Crippen LogP contribution is -2.19. The van der Waals surface area contributed by atoms with Gasteiger partial charge in [-0.2, -0.15) is 5.10 Å². The lowest BCUT2D eigenvalue weighted by molar-refractivity contribution is 0.0695. The van der Waals surface area contributed by atoms with E-state index in [4.69, 9.17) is 5.11 Å². The van der Waals surface area contributed by atoms with Gasteiger partial charge in [0.2, 0.25) is 0 Å². The molecular formula is C11H7FN2O3. The fraction of sp³-hybridized carbons (Fsp3) is 0. The monoisotopic (exact) mass is 234 g/mol. The van der Waals surface area contributed by atoms with Crippen LogP contribution in [0.1, 0.15) is 10.4 Å². The van der Waals surface area contributed by atoms with Gasteiger partial charge in [-0.1, -0.05) is 12.1 Å². The summed E-state index contributed by atoms with van der Waals surface area (Å²) in [6.07, 6.45) is 1.22. The highest BCUT2D eigenvalue weighted by Gasteiger charge is 2.16. The number of carbonyl (C=O) groups is 1. The van der Waals surface area contributed by atoms with Crippen molar-refractivity contribution in [3.63, 3.8) is 0 Å². The van der Waals surface area contributed by atoms with E-state index in [0.717, 1.165) is 0 Å². The molecular weight excluding hydrogens is 227 g/mol. The minimum absolute atomic E-state index is 0.154. The number of hydrogen-bond donors (Lipinski definition) is 2. The molecule has 0 atom stereocenters. The lowest BCUT2D eigenvalue weighted by Gasteiger charge is -2.03. The Labute approximate surface area is 94.5 Å². The Bertz CT molecular complexity index is 619. The maximum absolute atomic E-state index is 12.7. The van der Waals surface area contributed by atoms with Gasteiger partial charge in [0.15, 0.2) is 0 Å². The molecule has 0 saturated heterocycles. The summed E-state index contributed by atoms with van der Waals surface area (Å²) in [6.45, 7) is 0. The summed E-state index contributed by atoms with van der Waals surface area (Å²) in [4.78, 5) is 22.3. The van der Waals surface area contributed by atoms with Gasteiger partial charge in [-0.05, 0) is 17.7 Å². The lowest BCUT2D eigenvalue weighted by atomic mass is 10.0. The predicted octanol–water partition coefficient (Wildman–Crippen LogP) is 1.27. The number of aromatic carboxylic acids is 1. The number of aromatic nitrogens is 2. The van der Waals surface area contributed by atoms with Crippen LogP contribution < -0.4 is 5.56 Å². The molecule has 17 heavy (non-hydrogen) atoms. The van der Waals surface area contributed by atoms with Crippen molar-refractivity contribution >= 4 is 5.97 Å². The molecule has 1 aromatic carbocycles. The summed E-state index contributed by atoms with van der Waals surface area (Å²) >= 11 is 0. The van der Waals surface area contributed by atoms with Crippen LogP contribution in [0.2, 0.25) is 0 Å². The Kier molecular flexibility index (Phi) is 2.70. The quantitative estimate of drug-likeness (QED) is 0.819. The second-order valence-electron chi connectivity index (χ2n) is 3.30. The van der Waals surface area contributed by atoms with Crippen LogP contribution in [-0.2, 0) is 0 Å². The van der Waals surface area contributed by atoms with Crippen LogP contribution >= 0.6 is 0 Å². The highest BCUT2D eigenvalue weighted by atomic mass is 19.1. The van der Waals surface area contributed by atoms with Crippen molar-refractivity contribution in [2.45, 2.75) is 0 Å². The van der Waals surface area contributed by atoms with Crippen molar-refractivity contribution in [3.8, 4) is 11.1 Å². The molecule has 5 nitrogen and oxygen atoms in total. The molecule has 0 unspecified atom stereocenters. The number of H-pyrrole nitrogens is 1. The molecule has 1 heterocycles. The molecule has 2 rings (SSSR count). The maximum atomic E-state index is 12.7. The van der Waals surface area contributed by atoms with Gasteiger partial charge >= 0.3 is 5.97 Å². The van der Waals surface area contributed by atoms with Crippen LogP contribution in [0.4, 0.5) is 4.39 Å². The third-order valence-electron chi connectivity index (χ3n) is 2.23. The molecule has 0 bridgehead atoms. The minimum atomic E-state index is -1.35. The topological polar surface area (TPSA) is 83.0 Å². The van der Waals surface area contributed by atoms with Crippen LogP contribution in [0.25, 0.3) is 11.1 Å². The number of benzene rings is 1. The van der Waals surface area contributed by atoms with Crippen molar-refractivity contribution in [2.24, 2.45) is 0 Å². The second kappa shape index (κ2) is 4.17. The van der Waals surface area contributed by atoms with Crippen LogP contribution in [0.5, 0.6) is 0 Å². The van der Waals surface area contributed by atoms with E-state index in [1.54, 1.807) is 0 Å². The standard InChI is InChI=1S/C11H7FN2O3/c12-7-3-1-6(2-4-7)8-5-13-14-10(15)9(8)11(16)17/h1-5H,(H,14,15)(H,16,17). The van der Waals surface area contributed by atoms with Crippen molar-refractivity contribution in [1.82, 2.24) is 10.2 Å². The molecule has 0 saturated carbocycles. The van der Waals surface area contributed by atoms with Gasteiger partial charge in [-0.25, -0.2) is 14.3 Å². The largest absolute Gasteiger partial charge is 0.477 e. The fourth-order valence-electron chi connectivity index (χ4n) is 1.46. The number of nitrogens with one attached hydrogen (secondary N) is 1. The average Bonchev–Trinajstić information content (AvgIpc) is 2.29. The number of nitrogens with zero attached hydrogens (tertiary/aromatic N) is 1. The van der Waals surface area contributed by atoms with E-state index < -0.39 is 22.9 Å². The molecule has 2 N–H and O–H groups in total. The number of hydrogen-bond acceptors (Lipinski definition) is 3. The van der Waals surface area contributed by atoms with Crippen LogP contribution in [0, 0.1) is 5.82 Å². The zero-order valence-electron chi connectivity index (χ0n) is 8.48. The van der Waals surface area contributed by atoms with Gasteiger partial charge in [0, 0.05) is 5.56 Å². The van der Waals surface area contributed by atoms with E-state index in [0.29, 0.717) is 5.56 Å². The summed E-state index contributed by atoms with van der Waals surface area (Å²) in [5.74, 6) is -1.80. The zero-order valence-corrected chi connectivity index (χ0v) is 8.48. The summed E-state index contributed by atoms with van der Waals surface area (Å²) in [5, 5.41) is 14.5. The minimum Gasteiger partial charge on any atom is -0.477 e. The molecule has 6 heteroatoms. The number of carboxylic acid groups (broad SMARTS) is 1. The molecule has 0 radical (unpaired) electrons. The SMILES string of the molecule is O=C(O)c1c(-c2ccc(F)cc2)cn[nH]c1=O. The molecule has 0 aliphatic heterocycles. The number of aromatic amines is 1. The first-order valence-electron chi connectivity index (χ1n) is 4.66. The molecule has 0 amide bonds. The van der Waals surface area contributed by atoms with Crippen LogP contribution in [0.3, 0.4) is 0 Å². The molecule has 86 valence electrons. The fourth-order valence-corrected chi connectivity index (χ4v) is 1.46. The smallest absolute Gasteiger partial charge is 0.342 e. The molecule has 2 aromatic rings. The second-order valence-corrected chi connectivity index (χ2v) is 3.30. The molecule has 0 aliphatic rings. The summed E-state index contributed by atoms with van der Waals surface area (Å²) in [6, 6.07) is 5.14. The molecule has 0 spiro atoms. The van der Waals surface area contributed by atoms with E-state index in [-0.39, 0.29) is 5.56 Å². The van der Waals surface area contributed by atoms with Gasteiger partial charge in [0.1, 0.15) is 11.4 Å². The first kappa shape index (κ1) is 11.0. The highest BCUT2D eigenvalue weighted by molar-refractivity contribution is 5.95. The first-order chi connectivity index (χ1) is 8.09. The zero-order chi connectivity index (χ0) is 12.4. The Morgan fingerprint density at radius 3 is 2.53 bits per heavy atom. The third-order valence-corrected chi connectivity index (χ3v) is 2.23. The van der Waals surface area contributed by atoms with Crippen molar-refractivity contribution < 1.29 is 14.3 Å². The van der Waals surface area contributed by atoms with Gasteiger partial charge in [-0.3, -0.25) is 4.79 Å². The summed E-state index contributed by atoms with van der Waals surface area (Å²) < 4.78 is 12.7. The number of halogens is 1. The van der Waals surface area contributed by atoms with E-state index >= 15 is 0 Å². The summed E-state index contributed by atoms with van der Waals surface area (Å²) in [7, 11) is 0. The van der Waals surface area contributed by atoms with Gasteiger partial charge in [0.25, 0.3) is 5.56 Å². The first-order valence-corrected chi connectivity index (χ1v) is 4.66. The Morgan fingerprint density at radius 1 is 1.29 bits per heavy atom. The van der Waals surface area contributed by atoms with Gasteiger partial charge in [0.05, 0.1) is 6.20 Å². The van der Waals surface area contributed by atoms with E-state index in [2.05, 4.69) is 5.10 Å². The van der Waals surface area contributed by atoms with Crippen LogP contribution in [0.15, 0.2) is 35.3 Å². The normalized spacial score (nSPS) is 10.2. The molecule has 1 aromatic heterocycles. The molecule has 0 aliphatic carbocycles. The van der Waals surface area contributed by atoms with Crippen LogP contribution in [-0.4, -0.2) is 21.3 Å². The Balaban J connectivity index is 2.67. The van der Waals surface area contributed by atoms with Crippen molar-refractivity contribution in [1.29, 1.82) is 0 Å². The highest BCUT2D eigenvalue weighted by Crippen LogP contribution is 2.20. The Hall–Kier alpha value is -2.50. The van der Waals surface area contributed by atoms with Gasteiger partial charge in [-0.15, -0.1) is 0 Å². The predicted molar refractivity (Wildman–Crippen MR) is 57.2 cm³/mol. The number of carboxylic acids is 1. The van der Waals surface area contributed by atoms with Crippen molar-refractivity contribution in [3.05, 3.63) is 52.2 Å². The summed E-state index contributed by atoms with van der Waals surface area (Å²) in [5.41, 5.74) is -0.630. The molecule has 0 fully saturated rings. The van der Waals surface area contributed by atoms with E-state index in [9.17, 15) is 14.0 Å². The van der Waals surface area contributed by atoms with Gasteiger partial charge < -0.3 is 5.11 Å². The maximum Gasteiger partial charge on any atom is 0.342 e.